The molecule has 0 unspecified atom stereocenters. The van der Waals surface area contributed by atoms with Gasteiger partial charge >= 0.3 is 0 Å². The topological polar surface area (TPSA) is 29.1 Å². The third kappa shape index (κ3) is 4.07. The quantitative estimate of drug-likeness (QED) is 0.646. The summed E-state index contributed by atoms with van der Waals surface area (Å²) in [4.78, 5) is 11.9. The summed E-state index contributed by atoms with van der Waals surface area (Å²) >= 11 is 3.35. The number of halogens is 1. The summed E-state index contributed by atoms with van der Waals surface area (Å²) in [6.45, 7) is 2.06. The lowest BCUT2D eigenvalue weighted by atomic mass is 10.1. The lowest BCUT2D eigenvalue weighted by molar-refractivity contribution is 0.104. The molecule has 0 spiro atoms. The Morgan fingerprint density at radius 3 is 2.40 bits per heavy atom. The Morgan fingerprint density at radius 1 is 1.10 bits per heavy atom. The highest BCUT2D eigenvalue weighted by Crippen LogP contribution is 2.12. The first-order chi connectivity index (χ1) is 9.66. The van der Waals surface area contributed by atoms with E-state index in [1.807, 2.05) is 30.3 Å². The van der Waals surface area contributed by atoms with Gasteiger partial charge in [-0.05, 0) is 36.8 Å². The summed E-state index contributed by atoms with van der Waals surface area (Å²) in [5, 5.41) is 3.20. The molecule has 2 nitrogen and oxygen atoms in total. The second kappa shape index (κ2) is 7.06. The summed E-state index contributed by atoms with van der Waals surface area (Å²) in [6.07, 6.45) is 3.27. The standard InChI is InChI=1S/C17H16BrNO/c1-13(14-5-3-2-4-6-14)19-12-11-17(20)15-7-9-16(18)10-8-15/h2-13,19H,1H3/b12-11+/t13-/m0/s1. The van der Waals surface area contributed by atoms with Crippen molar-refractivity contribution in [1.82, 2.24) is 5.32 Å². The maximum Gasteiger partial charge on any atom is 0.187 e. The van der Waals surface area contributed by atoms with E-state index < -0.39 is 0 Å². The van der Waals surface area contributed by atoms with Crippen LogP contribution in [0.3, 0.4) is 0 Å². The van der Waals surface area contributed by atoms with Crippen molar-refractivity contribution in [3.8, 4) is 0 Å². The lowest BCUT2D eigenvalue weighted by Crippen LogP contribution is -2.12. The molecule has 102 valence electrons. The van der Waals surface area contributed by atoms with Crippen LogP contribution in [0, 0.1) is 0 Å². The highest BCUT2D eigenvalue weighted by Gasteiger charge is 2.03. The molecule has 0 amide bonds. The number of hydrogen-bond donors (Lipinski definition) is 1. The van der Waals surface area contributed by atoms with Crippen LogP contribution in [-0.4, -0.2) is 5.78 Å². The number of carbonyl (C=O) groups excluding carboxylic acids is 1. The molecule has 0 heterocycles. The van der Waals surface area contributed by atoms with E-state index >= 15 is 0 Å². The molecular formula is C17H16BrNO. The third-order valence-corrected chi connectivity index (χ3v) is 3.54. The zero-order chi connectivity index (χ0) is 14.4. The highest BCUT2D eigenvalue weighted by atomic mass is 79.9. The van der Waals surface area contributed by atoms with Crippen LogP contribution in [-0.2, 0) is 0 Å². The van der Waals surface area contributed by atoms with Crippen molar-refractivity contribution in [3.63, 3.8) is 0 Å². The number of carbonyl (C=O) groups is 1. The van der Waals surface area contributed by atoms with Crippen LogP contribution in [0.25, 0.3) is 0 Å². The van der Waals surface area contributed by atoms with Crippen molar-refractivity contribution in [1.29, 1.82) is 0 Å². The summed E-state index contributed by atoms with van der Waals surface area (Å²) in [5.74, 6) is -0.00902. The smallest absolute Gasteiger partial charge is 0.187 e. The zero-order valence-corrected chi connectivity index (χ0v) is 12.8. The molecule has 1 N–H and O–H groups in total. The maximum absolute atomic E-state index is 11.9. The summed E-state index contributed by atoms with van der Waals surface area (Å²) in [7, 11) is 0. The molecule has 0 saturated carbocycles. The van der Waals surface area contributed by atoms with Crippen LogP contribution in [0.15, 0.2) is 71.3 Å². The molecule has 3 heteroatoms. The van der Waals surface area contributed by atoms with E-state index in [2.05, 4.69) is 40.3 Å². The van der Waals surface area contributed by atoms with E-state index in [1.54, 1.807) is 24.4 Å². The van der Waals surface area contributed by atoms with E-state index in [0.29, 0.717) is 5.56 Å². The Hall–Kier alpha value is -1.87. The zero-order valence-electron chi connectivity index (χ0n) is 11.2. The fraction of sp³-hybridized carbons (Fsp3) is 0.118. The Kier molecular flexibility index (Phi) is 5.13. The molecule has 2 aromatic rings. The fourth-order valence-electron chi connectivity index (χ4n) is 1.82. The summed E-state index contributed by atoms with van der Waals surface area (Å²) in [5.41, 5.74) is 1.87. The molecule has 0 radical (unpaired) electrons. The number of nitrogens with one attached hydrogen (secondary N) is 1. The van der Waals surface area contributed by atoms with Gasteiger partial charge in [0.25, 0.3) is 0 Å². The number of benzene rings is 2. The van der Waals surface area contributed by atoms with Gasteiger partial charge in [0, 0.05) is 28.4 Å². The molecule has 0 saturated heterocycles. The van der Waals surface area contributed by atoms with E-state index in [4.69, 9.17) is 0 Å². The predicted octanol–water partition coefficient (Wildman–Crippen LogP) is 4.50. The van der Waals surface area contributed by atoms with Crippen molar-refractivity contribution < 1.29 is 4.79 Å². The van der Waals surface area contributed by atoms with Gasteiger partial charge < -0.3 is 5.32 Å². The highest BCUT2D eigenvalue weighted by molar-refractivity contribution is 9.10. The Labute approximate surface area is 127 Å². The molecule has 0 aliphatic carbocycles. The summed E-state index contributed by atoms with van der Waals surface area (Å²) in [6, 6.07) is 17.6. The lowest BCUT2D eigenvalue weighted by Gasteiger charge is -2.11. The normalized spacial score (nSPS) is 12.3. The number of hydrogen-bond acceptors (Lipinski definition) is 2. The minimum Gasteiger partial charge on any atom is -0.384 e. The molecule has 20 heavy (non-hydrogen) atoms. The predicted molar refractivity (Wildman–Crippen MR) is 85.6 cm³/mol. The van der Waals surface area contributed by atoms with Crippen molar-refractivity contribution in [3.05, 3.63) is 82.5 Å². The first kappa shape index (κ1) is 14.5. The van der Waals surface area contributed by atoms with Crippen molar-refractivity contribution in [2.24, 2.45) is 0 Å². The van der Waals surface area contributed by atoms with Crippen LogP contribution in [0.1, 0.15) is 28.9 Å². The van der Waals surface area contributed by atoms with Gasteiger partial charge in [-0.1, -0.05) is 46.3 Å². The van der Waals surface area contributed by atoms with Gasteiger partial charge in [0.2, 0.25) is 0 Å². The average molecular weight is 330 g/mol. The largest absolute Gasteiger partial charge is 0.384 e. The van der Waals surface area contributed by atoms with Crippen LogP contribution in [0.5, 0.6) is 0 Å². The molecule has 2 rings (SSSR count). The molecule has 1 atom stereocenters. The molecule has 0 bridgehead atoms. The summed E-state index contributed by atoms with van der Waals surface area (Å²) < 4.78 is 0.967. The Balaban J connectivity index is 1.93. The number of rotatable bonds is 5. The SMILES string of the molecule is C[C@H](N/C=C/C(=O)c1ccc(Br)cc1)c1ccccc1. The number of allylic oxidation sites excluding steroid dienone is 1. The molecule has 0 aromatic heterocycles. The third-order valence-electron chi connectivity index (χ3n) is 3.01. The maximum atomic E-state index is 11.9. The van der Waals surface area contributed by atoms with E-state index in [9.17, 15) is 4.79 Å². The van der Waals surface area contributed by atoms with Gasteiger partial charge in [-0.15, -0.1) is 0 Å². The van der Waals surface area contributed by atoms with E-state index in [-0.39, 0.29) is 11.8 Å². The second-order valence-corrected chi connectivity index (χ2v) is 5.42. The van der Waals surface area contributed by atoms with Crippen LogP contribution in [0.4, 0.5) is 0 Å². The minimum absolute atomic E-state index is 0.00902. The molecule has 0 aliphatic heterocycles. The molecule has 2 aromatic carbocycles. The Morgan fingerprint density at radius 2 is 1.75 bits per heavy atom. The van der Waals surface area contributed by atoms with Gasteiger partial charge in [0.05, 0.1) is 0 Å². The van der Waals surface area contributed by atoms with Gasteiger partial charge in [-0.2, -0.15) is 0 Å². The van der Waals surface area contributed by atoms with E-state index in [0.717, 1.165) is 4.47 Å². The second-order valence-electron chi connectivity index (χ2n) is 4.50. The molecule has 0 aliphatic rings. The van der Waals surface area contributed by atoms with Crippen molar-refractivity contribution in [2.45, 2.75) is 13.0 Å². The monoisotopic (exact) mass is 329 g/mol. The minimum atomic E-state index is -0.00902. The van der Waals surface area contributed by atoms with Crippen LogP contribution in [0.2, 0.25) is 0 Å². The van der Waals surface area contributed by atoms with Gasteiger partial charge in [-0.25, -0.2) is 0 Å². The van der Waals surface area contributed by atoms with Gasteiger partial charge in [0.15, 0.2) is 5.78 Å². The van der Waals surface area contributed by atoms with Crippen molar-refractivity contribution >= 4 is 21.7 Å². The fourth-order valence-corrected chi connectivity index (χ4v) is 2.08. The average Bonchev–Trinajstić information content (AvgIpc) is 2.48. The molecule has 0 fully saturated rings. The van der Waals surface area contributed by atoms with Crippen LogP contribution >= 0.6 is 15.9 Å². The van der Waals surface area contributed by atoms with Gasteiger partial charge in [-0.3, -0.25) is 4.79 Å². The number of ketones is 1. The Bertz CT molecular complexity index is 590. The van der Waals surface area contributed by atoms with Gasteiger partial charge in [0.1, 0.15) is 0 Å². The first-order valence-corrected chi connectivity index (χ1v) is 7.23. The van der Waals surface area contributed by atoms with Crippen LogP contribution < -0.4 is 5.32 Å². The van der Waals surface area contributed by atoms with E-state index in [1.165, 1.54) is 5.56 Å². The molecular weight excluding hydrogens is 314 g/mol. The first-order valence-electron chi connectivity index (χ1n) is 6.44. The van der Waals surface area contributed by atoms with Crippen molar-refractivity contribution in [2.75, 3.05) is 0 Å².